The Labute approximate surface area is 358 Å². The second-order valence-corrected chi connectivity index (χ2v) is 18.9. The number of nitrogens with one attached hydrogen (secondary N) is 1. The average Bonchev–Trinajstić information content (AvgIpc) is 3.91. The van der Waals surface area contributed by atoms with Crippen molar-refractivity contribution in [3.05, 3.63) is 71.2 Å². The Bertz CT molecular complexity index is 2140. The number of fused-ring (bicyclic) bond motifs is 5. The van der Waals surface area contributed by atoms with Crippen molar-refractivity contribution in [1.82, 2.24) is 5.32 Å². The topological polar surface area (TPSA) is 244 Å². The highest BCUT2D eigenvalue weighted by atomic mass is 16.6. The lowest BCUT2D eigenvalue weighted by molar-refractivity contribution is -0.346. The number of ketones is 1. The summed E-state index contributed by atoms with van der Waals surface area (Å²) in [5, 5.41) is 39.9. The summed E-state index contributed by atoms with van der Waals surface area (Å²) in [7, 11) is 0. The van der Waals surface area contributed by atoms with Crippen molar-refractivity contribution in [2.45, 2.75) is 141 Å². The van der Waals surface area contributed by atoms with Crippen molar-refractivity contribution < 1.29 is 76.9 Å². The van der Waals surface area contributed by atoms with E-state index in [1.54, 1.807) is 52.8 Å². The zero-order valence-electron chi connectivity index (χ0n) is 36.0. The van der Waals surface area contributed by atoms with Crippen LogP contribution in [0.2, 0.25) is 0 Å². The van der Waals surface area contributed by atoms with Gasteiger partial charge in [-0.1, -0.05) is 32.0 Å². The average molecular weight is 866 g/mol. The van der Waals surface area contributed by atoms with E-state index in [1.807, 2.05) is 0 Å². The van der Waals surface area contributed by atoms with Crippen LogP contribution in [0.5, 0.6) is 0 Å². The number of hydrogen-bond donors (Lipinski definition) is 4. The Morgan fingerprint density at radius 2 is 1.65 bits per heavy atom. The van der Waals surface area contributed by atoms with Crippen LogP contribution in [-0.2, 0) is 47.6 Å². The van der Waals surface area contributed by atoms with Crippen molar-refractivity contribution in [3.8, 4) is 0 Å². The van der Waals surface area contributed by atoms with Gasteiger partial charge >= 0.3 is 30.0 Å². The number of ether oxygens (including phenoxy) is 6. The van der Waals surface area contributed by atoms with E-state index >= 15 is 4.79 Å². The third-order valence-corrected chi connectivity index (χ3v) is 13.4. The van der Waals surface area contributed by atoms with Gasteiger partial charge in [0.2, 0.25) is 0 Å². The summed E-state index contributed by atoms with van der Waals surface area (Å²) < 4.78 is 41.4. The number of carbonyl (C=O) groups excluding carboxylic acids is 6. The molecule has 4 fully saturated rings. The zero-order chi connectivity index (χ0) is 45.3. The Hall–Kier alpha value is -5.10. The minimum Gasteiger partial charge on any atom is -0.467 e. The first-order valence-electron chi connectivity index (χ1n) is 20.8. The molecule has 17 heteroatoms. The quantitative estimate of drug-likeness (QED) is 0.151. The molecule has 2 bridgehead atoms. The number of alkyl carbamates (subject to hydrolysis) is 1. The largest absolute Gasteiger partial charge is 0.467 e. The number of Topliss-reactive ketones (excluding diaryl/α,β-unsaturated/α-hetero) is 1. The number of esters is 4. The molecule has 1 unspecified atom stereocenters. The maximum atomic E-state index is 15.6. The molecule has 1 aromatic heterocycles. The molecular formula is C45H55NO16. The van der Waals surface area contributed by atoms with Crippen LogP contribution in [0.15, 0.2) is 64.3 Å². The lowest BCUT2D eigenvalue weighted by Gasteiger charge is -2.67. The van der Waals surface area contributed by atoms with Gasteiger partial charge in [0, 0.05) is 25.2 Å². The van der Waals surface area contributed by atoms with Crippen LogP contribution in [-0.4, -0.2) is 111 Å². The molecule has 1 saturated heterocycles. The molecule has 7 rings (SSSR count). The molecule has 2 heterocycles. The van der Waals surface area contributed by atoms with Gasteiger partial charge in [0.15, 0.2) is 23.6 Å². The predicted molar refractivity (Wildman–Crippen MR) is 212 cm³/mol. The van der Waals surface area contributed by atoms with Crippen LogP contribution >= 0.6 is 0 Å². The molecule has 17 nitrogen and oxygen atoms in total. The first-order chi connectivity index (χ1) is 29.0. The maximum absolute atomic E-state index is 15.6. The molecule has 0 spiro atoms. The number of furan rings is 1. The molecule has 11 atom stereocenters. The van der Waals surface area contributed by atoms with Crippen molar-refractivity contribution >= 4 is 35.8 Å². The molecule has 5 aliphatic rings. The van der Waals surface area contributed by atoms with Gasteiger partial charge in [0.1, 0.15) is 41.3 Å². The Morgan fingerprint density at radius 1 is 0.968 bits per heavy atom. The maximum Gasteiger partial charge on any atom is 0.408 e. The summed E-state index contributed by atoms with van der Waals surface area (Å²) in [4.78, 5) is 83.7. The number of rotatable bonds is 10. The fraction of sp³-hybridized carbons (Fsp3) is 0.600. The van der Waals surface area contributed by atoms with Crippen LogP contribution < -0.4 is 5.32 Å². The Kier molecular flexibility index (Phi) is 11.5. The van der Waals surface area contributed by atoms with Crippen molar-refractivity contribution in [1.29, 1.82) is 0 Å². The smallest absolute Gasteiger partial charge is 0.408 e. The number of benzene rings is 1. The molecule has 62 heavy (non-hydrogen) atoms. The van der Waals surface area contributed by atoms with E-state index in [2.05, 4.69) is 5.32 Å². The first kappa shape index (κ1) is 44.9. The number of hydrogen-bond acceptors (Lipinski definition) is 16. The minimum atomic E-state index is -2.40. The second kappa shape index (κ2) is 15.9. The molecule has 1 aliphatic heterocycles. The van der Waals surface area contributed by atoms with E-state index < -0.39 is 124 Å². The van der Waals surface area contributed by atoms with Crippen molar-refractivity contribution in [2.24, 2.45) is 22.7 Å². The molecule has 2 aromatic rings. The molecule has 0 radical (unpaired) electrons. The molecule has 4 aliphatic carbocycles. The van der Waals surface area contributed by atoms with E-state index in [-0.39, 0.29) is 35.5 Å². The summed E-state index contributed by atoms with van der Waals surface area (Å²) in [5.41, 5.74) is -8.64. The lowest BCUT2D eigenvalue weighted by Crippen LogP contribution is -2.82. The Balaban J connectivity index is 1.39. The number of aliphatic hydroxyl groups excluding tert-OH is 2. The minimum absolute atomic E-state index is 0.0168. The number of aliphatic hydroxyl groups is 3. The van der Waals surface area contributed by atoms with Gasteiger partial charge in [-0.15, -0.1) is 0 Å². The van der Waals surface area contributed by atoms with Gasteiger partial charge in [0.05, 0.1) is 41.8 Å². The lowest BCUT2D eigenvalue weighted by atomic mass is 9.44. The van der Waals surface area contributed by atoms with Crippen LogP contribution in [0, 0.1) is 22.7 Å². The third-order valence-electron chi connectivity index (χ3n) is 13.4. The molecule has 4 N–H and O–H groups in total. The number of carbonyl (C=O) groups is 6. The molecule has 336 valence electrons. The summed E-state index contributed by atoms with van der Waals surface area (Å²) in [6, 6.07) is 9.20. The highest BCUT2D eigenvalue weighted by Gasteiger charge is 2.78. The van der Waals surface area contributed by atoms with Crippen LogP contribution in [0.25, 0.3) is 0 Å². The van der Waals surface area contributed by atoms with Crippen LogP contribution in [0.4, 0.5) is 4.79 Å². The van der Waals surface area contributed by atoms with E-state index in [1.165, 1.54) is 44.4 Å². The summed E-state index contributed by atoms with van der Waals surface area (Å²) in [5.74, 6) is -6.60. The normalized spacial score (nSPS) is 33.4. The number of amides is 1. The van der Waals surface area contributed by atoms with Gasteiger partial charge in [-0.05, 0) is 82.9 Å². The monoisotopic (exact) mass is 865 g/mol. The molecule has 3 saturated carbocycles. The first-order valence-corrected chi connectivity index (χ1v) is 20.8. The third kappa shape index (κ3) is 7.60. The highest BCUT2D eigenvalue weighted by molar-refractivity contribution is 5.95. The summed E-state index contributed by atoms with van der Waals surface area (Å²) in [6.07, 6.45) is -9.27. The van der Waals surface area contributed by atoms with E-state index in [9.17, 15) is 39.3 Å². The van der Waals surface area contributed by atoms with Gasteiger partial charge in [-0.3, -0.25) is 14.4 Å². The van der Waals surface area contributed by atoms with Crippen molar-refractivity contribution in [3.63, 3.8) is 0 Å². The van der Waals surface area contributed by atoms with Crippen molar-refractivity contribution in [2.75, 3.05) is 6.61 Å². The Morgan fingerprint density at radius 3 is 2.21 bits per heavy atom. The molecule has 1 aromatic carbocycles. The molecule has 1 amide bonds. The standard InChI is InChI=1S/C45H55NO16/c1-22-27(59-39(53)32(49)31(26-15-12-18-56-26)46-40(54)62-41(3,4)5)20-45(55)36(60-37(51)24-13-10-9-11-14-24)34-43(8,35(50)33(58-23(2)47)30(22)42(45,6)7)28(48)19-29-44(34,21-57-29)61-38(52)25-16-17-25/h9-15,18,25,27-29,31-34,36,48-49,55H,16-17,19-21H2,1-8H3,(H,46,54)/t27-,28-,29+,31-,32+,33+,34?,36-,43+,44-,45+/m0/s1. The second-order valence-electron chi connectivity index (χ2n) is 18.9. The molecular weight excluding hydrogens is 810 g/mol. The fourth-order valence-corrected chi connectivity index (χ4v) is 9.89. The van der Waals surface area contributed by atoms with Gasteiger partial charge in [-0.2, -0.15) is 0 Å². The SMILES string of the molecule is CC(=O)O[C@H]1C(=O)[C@@]2(C)C([C@H](OC(=O)c3ccccc3)[C@]3(O)C[C@H](OC(=O)[C@H](O)[C@@H](NC(=O)OC(C)(C)C)c4ccco4)C(C)=C1C3(C)C)[C@]1(OC(=O)C3CC3)CO[C@@H]1C[C@@H]2O. The fourth-order valence-electron chi connectivity index (χ4n) is 9.89. The van der Waals surface area contributed by atoms with E-state index in [4.69, 9.17) is 32.8 Å². The van der Waals surface area contributed by atoms with E-state index in [0.717, 1.165) is 6.92 Å². The summed E-state index contributed by atoms with van der Waals surface area (Å²) in [6.45, 7) is 11.7. The van der Waals surface area contributed by atoms with E-state index in [0.29, 0.717) is 12.8 Å². The van der Waals surface area contributed by atoms with Gasteiger partial charge < -0.3 is 53.5 Å². The summed E-state index contributed by atoms with van der Waals surface area (Å²) >= 11 is 0. The van der Waals surface area contributed by atoms with Gasteiger partial charge in [0.25, 0.3) is 0 Å². The van der Waals surface area contributed by atoms with Crippen LogP contribution in [0.1, 0.15) is 103 Å². The predicted octanol–water partition coefficient (Wildman–Crippen LogP) is 3.81. The van der Waals surface area contributed by atoms with Gasteiger partial charge in [-0.25, -0.2) is 14.4 Å². The highest BCUT2D eigenvalue weighted by Crippen LogP contribution is 2.64. The van der Waals surface area contributed by atoms with Crippen LogP contribution in [0.3, 0.4) is 0 Å². The zero-order valence-corrected chi connectivity index (χ0v) is 36.0.